The fourth-order valence-corrected chi connectivity index (χ4v) is 3.01. The number of halogens is 1. The summed E-state index contributed by atoms with van der Waals surface area (Å²) in [6.45, 7) is 5.22. The van der Waals surface area contributed by atoms with Gasteiger partial charge in [-0.05, 0) is 31.2 Å². The number of nitrogens with one attached hydrogen (secondary N) is 1. The van der Waals surface area contributed by atoms with Crippen LogP contribution in [-0.4, -0.2) is 46.2 Å². The highest BCUT2D eigenvalue weighted by Crippen LogP contribution is 2.25. The number of hydrogen-bond acceptors (Lipinski definition) is 5. The predicted molar refractivity (Wildman–Crippen MR) is 89.9 cm³/mol. The van der Waals surface area contributed by atoms with Crippen LogP contribution in [0.1, 0.15) is 5.82 Å². The van der Waals surface area contributed by atoms with Crippen LogP contribution in [0.5, 0.6) is 0 Å². The maximum absolute atomic E-state index is 6.14. The lowest BCUT2D eigenvalue weighted by Crippen LogP contribution is -2.36. The quantitative estimate of drug-likeness (QED) is 0.732. The average molecular weight is 330 g/mol. The Morgan fingerprint density at radius 3 is 2.57 bits per heavy atom. The number of aryl methyl sites for hydroxylation is 1. The van der Waals surface area contributed by atoms with Crippen LogP contribution < -0.4 is 4.90 Å². The first-order valence-corrected chi connectivity index (χ1v) is 7.91. The zero-order valence-electron chi connectivity index (χ0n) is 12.7. The van der Waals surface area contributed by atoms with Gasteiger partial charge in [0.1, 0.15) is 17.2 Å². The molecule has 118 valence electrons. The van der Waals surface area contributed by atoms with Crippen molar-refractivity contribution in [1.82, 2.24) is 19.9 Å². The number of H-pyrrole nitrogens is 1. The molecule has 3 aromatic rings. The number of rotatable bonds is 2. The van der Waals surface area contributed by atoms with E-state index in [0.29, 0.717) is 22.1 Å². The fraction of sp³-hybridized carbons (Fsp3) is 0.312. The highest BCUT2D eigenvalue weighted by atomic mass is 35.5. The second-order valence-corrected chi connectivity index (χ2v) is 5.85. The minimum atomic E-state index is 0.375. The molecule has 1 aliphatic rings. The predicted octanol–water partition coefficient (Wildman–Crippen LogP) is 2.82. The molecular formula is C16H16ClN5O. The molecule has 1 N–H and O–H groups in total. The molecule has 1 aliphatic heterocycles. The Morgan fingerprint density at radius 2 is 1.83 bits per heavy atom. The first kappa shape index (κ1) is 14.4. The lowest BCUT2D eigenvalue weighted by Gasteiger charge is -2.28. The van der Waals surface area contributed by atoms with Crippen molar-refractivity contribution < 1.29 is 4.74 Å². The first-order chi connectivity index (χ1) is 11.2. The molecule has 0 radical (unpaired) electrons. The van der Waals surface area contributed by atoms with Gasteiger partial charge in [0.25, 0.3) is 0 Å². The number of imidazole rings is 1. The number of nitrogens with zero attached hydrogens (tertiary/aromatic N) is 4. The number of hydrogen-bond donors (Lipinski definition) is 1. The van der Waals surface area contributed by atoms with E-state index in [2.05, 4.69) is 49.1 Å². The molecule has 4 rings (SSSR count). The van der Waals surface area contributed by atoms with E-state index in [4.69, 9.17) is 16.3 Å². The molecule has 1 saturated heterocycles. The van der Waals surface area contributed by atoms with Crippen molar-refractivity contribution in [2.24, 2.45) is 0 Å². The summed E-state index contributed by atoms with van der Waals surface area (Å²) in [6.07, 6.45) is 0. The number of ether oxygens (including phenoxy) is 1. The number of anilines is 1. The molecule has 0 spiro atoms. The summed E-state index contributed by atoms with van der Waals surface area (Å²) in [7, 11) is 0. The van der Waals surface area contributed by atoms with Crippen molar-refractivity contribution in [3.63, 3.8) is 0 Å². The van der Waals surface area contributed by atoms with E-state index < -0.39 is 0 Å². The summed E-state index contributed by atoms with van der Waals surface area (Å²) in [6, 6.07) is 8.31. The zero-order chi connectivity index (χ0) is 15.8. The van der Waals surface area contributed by atoms with Crippen LogP contribution in [0.25, 0.3) is 22.6 Å². The smallest absolute Gasteiger partial charge is 0.162 e. The third-order valence-electron chi connectivity index (χ3n) is 3.93. The van der Waals surface area contributed by atoms with Gasteiger partial charge >= 0.3 is 0 Å². The van der Waals surface area contributed by atoms with Crippen LogP contribution in [0.3, 0.4) is 0 Å². The third kappa shape index (κ3) is 2.75. The standard InChI is InChI=1S/C16H16ClN5O/c1-10-18-14(17)13-16(19-10)21-15(20-13)11-2-4-12(5-3-11)22-6-8-23-9-7-22/h2-5H,6-9H2,1H3,(H,18,19,20,21). The Labute approximate surface area is 138 Å². The minimum absolute atomic E-state index is 0.375. The van der Waals surface area contributed by atoms with Gasteiger partial charge in [-0.25, -0.2) is 15.0 Å². The van der Waals surface area contributed by atoms with Crippen LogP contribution in [0.4, 0.5) is 5.69 Å². The highest BCUT2D eigenvalue weighted by molar-refractivity contribution is 6.33. The van der Waals surface area contributed by atoms with E-state index in [-0.39, 0.29) is 0 Å². The van der Waals surface area contributed by atoms with Crippen molar-refractivity contribution in [2.75, 3.05) is 31.2 Å². The summed E-state index contributed by atoms with van der Waals surface area (Å²) in [4.78, 5) is 18.5. The van der Waals surface area contributed by atoms with Gasteiger partial charge in [0.2, 0.25) is 0 Å². The topological polar surface area (TPSA) is 66.9 Å². The summed E-state index contributed by atoms with van der Waals surface area (Å²) >= 11 is 6.14. The van der Waals surface area contributed by atoms with Crippen LogP contribution in [0.2, 0.25) is 5.15 Å². The molecule has 3 heterocycles. The fourth-order valence-electron chi connectivity index (χ4n) is 2.76. The summed E-state index contributed by atoms with van der Waals surface area (Å²) in [5.74, 6) is 1.37. The molecule has 23 heavy (non-hydrogen) atoms. The summed E-state index contributed by atoms with van der Waals surface area (Å²) in [5, 5.41) is 0.375. The van der Waals surface area contributed by atoms with Gasteiger partial charge in [-0.1, -0.05) is 11.6 Å². The summed E-state index contributed by atoms with van der Waals surface area (Å²) < 4.78 is 5.39. The molecule has 0 atom stereocenters. The minimum Gasteiger partial charge on any atom is -0.378 e. The molecule has 2 aromatic heterocycles. The van der Waals surface area contributed by atoms with Gasteiger partial charge < -0.3 is 14.6 Å². The van der Waals surface area contributed by atoms with E-state index in [1.807, 2.05) is 6.92 Å². The Kier molecular flexibility index (Phi) is 3.63. The molecular weight excluding hydrogens is 314 g/mol. The third-order valence-corrected chi connectivity index (χ3v) is 4.19. The molecule has 0 aliphatic carbocycles. The maximum atomic E-state index is 6.14. The molecule has 6 nitrogen and oxygen atoms in total. The number of morpholine rings is 1. The van der Waals surface area contributed by atoms with Gasteiger partial charge in [0.05, 0.1) is 13.2 Å². The Hall–Kier alpha value is -2.18. The van der Waals surface area contributed by atoms with Crippen LogP contribution in [0.15, 0.2) is 24.3 Å². The number of fused-ring (bicyclic) bond motifs is 1. The number of aromatic amines is 1. The van der Waals surface area contributed by atoms with Gasteiger partial charge in [0, 0.05) is 24.3 Å². The van der Waals surface area contributed by atoms with Crippen molar-refractivity contribution >= 4 is 28.5 Å². The molecule has 7 heteroatoms. The molecule has 1 fully saturated rings. The van der Waals surface area contributed by atoms with Gasteiger partial charge in [-0.15, -0.1) is 0 Å². The number of benzene rings is 1. The monoisotopic (exact) mass is 329 g/mol. The van der Waals surface area contributed by atoms with Crippen LogP contribution >= 0.6 is 11.6 Å². The van der Waals surface area contributed by atoms with Crippen molar-refractivity contribution in [3.8, 4) is 11.4 Å². The second-order valence-electron chi connectivity index (χ2n) is 5.49. The Bertz CT molecular complexity index is 840. The van der Waals surface area contributed by atoms with E-state index in [0.717, 1.165) is 37.7 Å². The van der Waals surface area contributed by atoms with Gasteiger partial charge in [0.15, 0.2) is 10.8 Å². The van der Waals surface area contributed by atoms with E-state index in [9.17, 15) is 0 Å². The van der Waals surface area contributed by atoms with Gasteiger partial charge in [-0.3, -0.25) is 0 Å². The lowest BCUT2D eigenvalue weighted by molar-refractivity contribution is 0.122. The summed E-state index contributed by atoms with van der Waals surface area (Å²) in [5.41, 5.74) is 3.45. The number of aromatic nitrogens is 4. The Balaban J connectivity index is 1.66. The molecule has 0 saturated carbocycles. The molecule has 0 unspecified atom stereocenters. The lowest BCUT2D eigenvalue weighted by atomic mass is 10.2. The van der Waals surface area contributed by atoms with Crippen molar-refractivity contribution in [1.29, 1.82) is 0 Å². The van der Waals surface area contributed by atoms with Crippen LogP contribution in [0, 0.1) is 6.92 Å². The highest BCUT2D eigenvalue weighted by Gasteiger charge is 2.13. The SMILES string of the molecule is Cc1nc(Cl)c2nc(-c3ccc(N4CCOCC4)cc3)[nH]c2n1. The largest absolute Gasteiger partial charge is 0.378 e. The van der Waals surface area contributed by atoms with Crippen molar-refractivity contribution in [2.45, 2.75) is 6.92 Å². The van der Waals surface area contributed by atoms with Gasteiger partial charge in [-0.2, -0.15) is 0 Å². The molecule has 1 aromatic carbocycles. The first-order valence-electron chi connectivity index (χ1n) is 7.54. The van der Waals surface area contributed by atoms with Crippen LogP contribution in [-0.2, 0) is 4.74 Å². The average Bonchev–Trinajstić information content (AvgIpc) is 3.00. The molecule has 0 bridgehead atoms. The van der Waals surface area contributed by atoms with E-state index >= 15 is 0 Å². The second kappa shape index (κ2) is 5.79. The maximum Gasteiger partial charge on any atom is 0.162 e. The normalized spacial score (nSPS) is 15.3. The van der Waals surface area contributed by atoms with E-state index in [1.54, 1.807) is 0 Å². The Morgan fingerprint density at radius 1 is 1.09 bits per heavy atom. The zero-order valence-corrected chi connectivity index (χ0v) is 13.5. The van der Waals surface area contributed by atoms with Crippen molar-refractivity contribution in [3.05, 3.63) is 35.2 Å². The molecule has 0 amide bonds. The van der Waals surface area contributed by atoms with E-state index in [1.165, 1.54) is 5.69 Å².